The summed E-state index contributed by atoms with van der Waals surface area (Å²) in [5.74, 6) is -0.0306. The highest BCUT2D eigenvalue weighted by atomic mass is 32.2. The minimum Gasteiger partial charge on any atom is -0.331 e. The smallest absolute Gasteiger partial charge is 0.331 e. The second-order valence-corrected chi connectivity index (χ2v) is 9.49. The molecule has 0 radical (unpaired) electrons. The van der Waals surface area contributed by atoms with Crippen molar-refractivity contribution in [3.63, 3.8) is 0 Å². The van der Waals surface area contributed by atoms with E-state index >= 15 is 0 Å². The molecule has 0 spiro atoms. The number of pyridine rings is 1. The number of imidazole rings is 1. The second-order valence-electron chi connectivity index (χ2n) is 7.57. The van der Waals surface area contributed by atoms with Crippen LogP contribution in [-0.2, 0) is 16.6 Å². The zero-order valence-corrected chi connectivity index (χ0v) is 16.6. The summed E-state index contributed by atoms with van der Waals surface area (Å²) >= 11 is 0. The predicted molar refractivity (Wildman–Crippen MR) is 98.6 cm³/mol. The molecule has 7 nitrogen and oxygen atoms in total. The molecule has 1 fully saturated rings. The fourth-order valence-electron chi connectivity index (χ4n) is 4.17. The molecule has 1 amide bonds. The number of amides is 1. The summed E-state index contributed by atoms with van der Waals surface area (Å²) in [6.07, 6.45) is 1.32. The number of hydrogen-bond donors (Lipinski definition) is 0. The van der Waals surface area contributed by atoms with Gasteiger partial charge in [0.05, 0.1) is 12.2 Å². The van der Waals surface area contributed by atoms with Gasteiger partial charge in [0.15, 0.2) is 0 Å². The molecule has 2 aliphatic rings. The fraction of sp³-hybridized carbons (Fsp3) is 0.556. The third-order valence-corrected chi connectivity index (χ3v) is 7.38. The van der Waals surface area contributed by atoms with Gasteiger partial charge in [-0.2, -0.15) is 17.5 Å². The average Bonchev–Trinajstić information content (AvgIpc) is 3.00. The molecule has 0 unspecified atom stereocenters. The molecule has 2 aliphatic heterocycles. The van der Waals surface area contributed by atoms with E-state index in [-0.39, 0.29) is 24.9 Å². The zero-order valence-electron chi connectivity index (χ0n) is 15.8. The Kier molecular flexibility index (Phi) is 4.85. The number of aromatic nitrogens is 2. The first-order chi connectivity index (χ1) is 13.6. The Morgan fingerprint density at radius 2 is 1.90 bits per heavy atom. The molecular formula is C18H21F3N4O3S. The predicted octanol–water partition coefficient (Wildman–Crippen LogP) is 2.55. The maximum absolute atomic E-state index is 12.9. The van der Waals surface area contributed by atoms with E-state index in [9.17, 15) is 26.4 Å². The normalized spacial score (nSPS) is 19.3. The quantitative estimate of drug-likeness (QED) is 0.747. The zero-order chi connectivity index (χ0) is 21.0. The Hall–Kier alpha value is -2.14. The number of rotatable bonds is 4. The first-order valence-corrected chi connectivity index (χ1v) is 10.9. The monoisotopic (exact) mass is 430 g/mol. The van der Waals surface area contributed by atoms with Crippen molar-refractivity contribution in [1.29, 1.82) is 0 Å². The molecule has 2 aromatic heterocycles. The summed E-state index contributed by atoms with van der Waals surface area (Å²) in [5, 5.41) is 0. The van der Waals surface area contributed by atoms with Gasteiger partial charge in [-0.1, -0.05) is 6.07 Å². The lowest BCUT2D eigenvalue weighted by Crippen LogP contribution is -2.45. The molecule has 0 aliphatic carbocycles. The summed E-state index contributed by atoms with van der Waals surface area (Å²) in [5.41, 5.74) is -2.35. The Labute approximate surface area is 166 Å². The number of hydrogen-bond acceptors (Lipinski definition) is 4. The number of piperidine rings is 1. The van der Waals surface area contributed by atoms with Gasteiger partial charge in [0.25, 0.3) is 5.91 Å². The van der Waals surface area contributed by atoms with Gasteiger partial charge in [-0.3, -0.25) is 9.20 Å². The van der Waals surface area contributed by atoms with Crippen LogP contribution in [0.1, 0.15) is 41.1 Å². The summed E-state index contributed by atoms with van der Waals surface area (Å²) < 4.78 is 63.5. The molecule has 0 saturated carbocycles. The lowest BCUT2D eigenvalue weighted by Gasteiger charge is -2.33. The van der Waals surface area contributed by atoms with E-state index in [1.807, 2.05) is 22.6 Å². The van der Waals surface area contributed by atoms with Gasteiger partial charge < -0.3 is 4.90 Å². The van der Waals surface area contributed by atoms with Crippen molar-refractivity contribution < 1.29 is 26.4 Å². The molecule has 158 valence electrons. The van der Waals surface area contributed by atoms with E-state index in [0.717, 1.165) is 11.3 Å². The van der Waals surface area contributed by atoms with Crippen LogP contribution in [0, 0.1) is 12.8 Å². The van der Waals surface area contributed by atoms with Crippen molar-refractivity contribution >= 4 is 21.6 Å². The van der Waals surface area contributed by atoms with Crippen LogP contribution >= 0.6 is 0 Å². The van der Waals surface area contributed by atoms with E-state index in [2.05, 4.69) is 4.98 Å². The Morgan fingerprint density at radius 3 is 2.55 bits per heavy atom. The number of aryl methyl sites for hydroxylation is 1. The number of carbonyl (C=O) groups excluding carboxylic acids is 1. The van der Waals surface area contributed by atoms with Crippen LogP contribution in [0.4, 0.5) is 13.2 Å². The first-order valence-electron chi connectivity index (χ1n) is 9.42. The van der Waals surface area contributed by atoms with Crippen LogP contribution in [0.25, 0.3) is 5.65 Å². The van der Waals surface area contributed by atoms with E-state index in [0.29, 0.717) is 48.0 Å². The van der Waals surface area contributed by atoms with Crippen LogP contribution in [0.5, 0.6) is 0 Å². The van der Waals surface area contributed by atoms with Crippen molar-refractivity contribution in [2.45, 2.75) is 38.2 Å². The maximum atomic E-state index is 12.9. The highest BCUT2D eigenvalue weighted by Crippen LogP contribution is 2.31. The molecule has 4 heterocycles. The highest BCUT2D eigenvalue weighted by Gasteiger charge is 2.50. The molecule has 0 N–H and O–H groups in total. The second kappa shape index (κ2) is 6.98. The Bertz CT molecular complexity index is 1060. The number of nitrogens with zero attached hydrogens (tertiary/aromatic N) is 4. The van der Waals surface area contributed by atoms with Gasteiger partial charge in [0, 0.05) is 25.3 Å². The molecule has 1 saturated heterocycles. The van der Waals surface area contributed by atoms with Gasteiger partial charge in [-0.25, -0.2) is 13.4 Å². The van der Waals surface area contributed by atoms with Crippen LogP contribution in [0.15, 0.2) is 18.2 Å². The van der Waals surface area contributed by atoms with Crippen molar-refractivity contribution in [1.82, 2.24) is 18.6 Å². The van der Waals surface area contributed by atoms with Crippen molar-refractivity contribution in [2.24, 2.45) is 5.92 Å². The summed E-state index contributed by atoms with van der Waals surface area (Å²) in [6.45, 7) is 2.42. The minimum atomic E-state index is -5.26. The van der Waals surface area contributed by atoms with Gasteiger partial charge in [0.1, 0.15) is 11.3 Å². The van der Waals surface area contributed by atoms with E-state index in [1.54, 1.807) is 11.8 Å². The standard InChI is InChI=1S/C18H21F3N4O3S/c1-12-16-17(26)23(11-14-3-2-4-15(22-12)25(14)16)8-5-13-6-9-24(10-7-13)29(27,28)18(19,20)21/h2-4,13H,5-11H2,1H3. The highest BCUT2D eigenvalue weighted by molar-refractivity contribution is 7.90. The van der Waals surface area contributed by atoms with Gasteiger partial charge in [-0.05, 0) is 44.2 Å². The fourth-order valence-corrected chi connectivity index (χ4v) is 5.15. The van der Waals surface area contributed by atoms with Gasteiger partial charge >= 0.3 is 15.5 Å². The number of carbonyl (C=O) groups is 1. The summed E-state index contributed by atoms with van der Waals surface area (Å²) in [6, 6.07) is 5.69. The van der Waals surface area contributed by atoms with Crippen molar-refractivity contribution in [3.8, 4) is 0 Å². The van der Waals surface area contributed by atoms with E-state index < -0.39 is 15.5 Å². The summed E-state index contributed by atoms with van der Waals surface area (Å²) in [4.78, 5) is 19.1. The SMILES string of the molecule is Cc1nc2cccc3n2c1C(=O)N(CCC1CCN(S(=O)(=O)C(F)(F)F)CC1)C3. The molecule has 0 atom stereocenters. The van der Waals surface area contributed by atoms with Crippen LogP contribution in [0.2, 0.25) is 0 Å². The molecule has 4 rings (SSSR count). The Morgan fingerprint density at radius 1 is 1.21 bits per heavy atom. The number of sulfonamides is 1. The molecule has 2 aromatic rings. The maximum Gasteiger partial charge on any atom is 0.511 e. The molecular weight excluding hydrogens is 409 g/mol. The first kappa shape index (κ1) is 20.1. The summed E-state index contributed by atoms with van der Waals surface area (Å²) in [7, 11) is -5.26. The molecule has 29 heavy (non-hydrogen) atoms. The Balaban J connectivity index is 1.39. The topological polar surface area (TPSA) is 75.0 Å². The minimum absolute atomic E-state index is 0.0752. The molecule has 0 aromatic carbocycles. The molecule has 0 bridgehead atoms. The third kappa shape index (κ3) is 3.39. The number of halogens is 3. The largest absolute Gasteiger partial charge is 0.511 e. The van der Waals surface area contributed by atoms with Crippen molar-refractivity contribution in [2.75, 3.05) is 19.6 Å². The van der Waals surface area contributed by atoms with Crippen LogP contribution in [-0.4, -0.2) is 58.1 Å². The van der Waals surface area contributed by atoms with Crippen molar-refractivity contribution in [3.05, 3.63) is 35.3 Å². The van der Waals surface area contributed by atoms with Crippen LogP contribution in [0.3, 0.4) is 0 Å². The van der Waals surface area contributed by atoms with E-state index in [1.165, 1.54) is 0 Å². The average molecular weight is 430 g/mol. The lowest BCUT2D eigenvalue weighted by atomic mass is 9.94. The van der Waals surface area contributed by atoms with Gasteiger partial charge in [-0.15, -0.1) is 0 Å². The molecule has 11 heteroatoms. The van der Waals surface area contributed by atoms with E-state index in [4.69, 9.17) is 0 Å². The van der Waals surface area contributed by atoms with Crippen LogP contribution < -0.4 is 0 Å². The number of alkyl halides is 3. The lowest BCUT2D eigenvalue weighted by molar-refractivity contribution is -0.0497. The third-order valence-electron chi connectivity index (χ3n) is 5.75. The van der Waals surface area contributed by atoms with Gasteiger partial charge in [0.2, 0.25) is 0 Å².